The zero-order chi connectivity index (χ0) is 10.1. The number of hydrogen-bond acceptors (Lipinski definition) is 3. The van der Waals surface area contributed by atoms with E-state index >= 15 is 0 Å². The highest BCUT2D eigenvalue weighted by atomic mass is 35.5. The summed E-state index contributed by atoms with van der Waals surface area (Å²) in [7, 11) is 0. The lowest BCUT2D eigenvalue weighted by Crippen LogP contribution is -2.17. The summed E-state index contributed by atoms with van der Waals surface area (Å²) in [6, 6.07) is 3.73. The van der Waals surface area contributed by atoms with Gasteiger partial charge < -0.3 is 5.73 Å². The molecule has 76 valence electrons. The number of benzene rings is 1. The molecule has 0 bridgehead atoms. The lowest BCUT2D eigenvalue weighted by Gasteiger charge is -2.19. The summed E-state index contributed by atoms with van der Waals surface area (Å²) >= 11 is 5.96. The Morgan fingerprint density at radius 2 is 2.29 bits per heavy atom. The summed E-state index contributed by atoms with van der Waals surface area (Å²) in [6.07, 6.45) is 1.06. The minimum absolute atomic E-state index is 0.584. The van der Waals surface area contributed by atoms with Gasteiger partial charge in [0.25, 0.3) is 0 Å². The average molecular weight is 213 g/mol. The van der Waals surface area contributed by atoms with Gasteiger partial charge >= 0.3 is 0 Å². The number of nitrogen functional groups attached to an aromatic ring is 1. The van der Waals surface area contributed by atoms with Gasteiger partial charge in [0, 0.05) is 6.54 Å². The summed E-state index contributed by atoms with van der Waals surface area (Å²) in [5.74, 6) is 0. The molecule has 3 nitrogen and oxygen atoms in total. The van der Waals surface area contributed by atoms with Crippen molar-refractivity contribution in [3.63, 3.8) is 0 Å². The summed E-state index contributed by atoms with van der Waals surface area (Å²) in [5, 5.41) is 2.46. The smallest absolute Gasteiger partial charge is 0.0766 e. The Labute approximate surface area is 88.4 Å². The first kappa shape index (κ1) is 9.62. The predicted octanol–water partition coefficient (Wildman–Crippen LogP) is 2.37. The number of hydroxylamine groups is 1. The van der Waals surface area contributed by atoms with E-state index in [1.807, 2.05) is 24.1 Å². The fourth-order valence-electron chi connectivity index (χ4n) is 1.60. The molecule has 14 heavy (non-hydrogen) atoms. The minimum atomic E-state index is 0.584. The first-order chi connectivity index (χ1) is 6.68. The van der Waals surface area contributed by atoms with E-state index in [4.69, 9.17) is 22.2 Å². The molecule has 2 rings (SSSR count). The molecule has 0 saturated carbocycles. The molecule has 0 unspecified atom stereocenters. The number of rotatable bonds is 1. The Morgan fingerprint density at radius 3 is 2.93 bits per heavy atom. The zero-order valence-corrected chi connectivity index (χ0v) is 8.84. The van der Waals surface area contributed by atoms with Crippen molar-refractivity contribution in [1.82, 2.24) is 0 Å². The van der Waals surface area contributed by atoms with Crippen molar-refractivity contribution in [3.05, 3.63) is 22.7 Å². The van der Waals surface area contributed by atoms with E-state index in [9.17, 15) is 0 Å². The maximum atomic E-state index is 5.96. The molecule has 0 radical (unpaired) electrons. The second-order valence-corrected chi connectivity index (χ2v) is 3.86. The van der Waals surface area contributed by atoms with E-state index in [2.05, 4.69) is 0 Å². The van der Waals surface area contributed by atoms with E-state index in [1.54, 1.807) is 0 Å². The molecular weight excluding hydrogens is 200 g/mol. The Bertz CT molecular complexity index is 348. The van der Waals surface area contributed by atoms with Crippen LogP contribution in [0.15, 0.2) is 12.1 Å². The van der Waals surface area contributed by atoms with Gasteiger partial charge in [-0.1, -0.05) is 11.6 Å². The summed E-state index contributed by atoms with van der Waals surface area (Å²) in [5.41, 5.74) is 8.42. The molecule has 1 aromatic rings. The fourth-order valence-corrected chi connectivity index (χ4v) is 1.76. The van der Waals surface area contributed by atoms with Gasteiger partial charge in [-0.25, -0.2) is 0 Å². The normalized spacial score (nSPS) is 16.3. The van der Waals surface area contributed by atoms with E-state index < -0.39 is 0 Å². The predicted molar refractivity (Wildman–Crippen MR) is 58.5 cm³/mol. The standard InChI is InChI=1S/C10H13ClN2O/c1-7-5-9(12)8(11)6-10(7)13-3-2-4-14-13/h5-6H,2-4,12H2,1H3. The maximum absolute atomic E-state index is 5.96. The third-order valence-corrected chi connectivity index (χ3v) is 2.66. The van der Waals surface area contributed by atoms with Crippen LogP contribution in [0.1, 0.15) is 12.0 Å². The Kier molecular flexibility index (Phi) is 2.52. The van der Waals surface area contributed by atoms with Gasteiger partial charge in [-0.05, 0) is 31.0 Å². The first-order valence-electron chi connectivity index (χ1n) is 4.64. The quantitative estimate of drug-likeness (QED) is 0.727. The minimum Gasteiger partial charge on any atom is -0.398 e. The van der Waals surface area contributed by atoms with Crippen LogP contribution in [0.4, 0.5) is 11.4 Å². The van der Waals surface area contributed by atoms with Gasteiger partial charge in [0.15, 0.2) is 0 Å². The molecule has 1 aliphatic rings. The molecule has 1 saturated heterocycles. The third kappa shape index (κ3) is 1.65. The Hall–Kier alpha value is -0.930. The van der Waals surface area contributed by atoms with Gasteiger partial charge in [0.2, 0.25) is 0 Å². The van der Waals surface area contributed by atoms with Crippen molar-refractivity contribution < 1.29 is 4.84 Å². The lowest BCUT2D eigenvalue weighted by molar-refractivity contribution is 0.168. The van der Waals surface area contributed by atoms with Gasteiger partial charge in [-0.3, -0.25) is 9.90 Å². The number of nitrogens with zero attached hydrogens (tertiary/aromatic N) is 1. The van der Waals surface area contributed by atoms with Crippen molar-refractivity contribution in [1.29, 1.82) is 0 Å². The summed E-state index contributed by atoms with van der Waals surface area (Å²) < 4.78 is 0. The molecule has 0 spiro atoms. The monoisotopic (exact) mass is 212 g/mol. The summed E-state index contributed by atoms with van der Waals surface area (Å²) in [6.45, 7) is 3.70. The van der Waals surface area contributed by atoms with E-state index in [0.29, 0.717) is 10.7 Å². The van der Waals surface area contributed by atoms with Crippen LogP contribution in [-0.4, -0.2) is 13.2 Å². The second-order valence-electron chi connectivity index (χ2n) is 3.45. The number of hydrogen-bond donors (Lipinski definition) is 1. The zero-order valence-electron chi connectivity index (χ0n) is 8.09. The van der Waals surface area contributed by atoms with Crippen LogP contribution in [0.2, 0.25) is 5.02 Å². The maximum Gasteiger partial charge on any atom is 0.0766 e. The van der Waals surface area contributed by atoms with Crippen LogP contribution < -0.4 is 10.8 Å². The average Bonchev–Trinajstić information content (AvgIpc) is 2.64. The SMILES string of the molecule is Cc1cc(N)c(Cl)cc1N1CCCO1. The van der Waals surface area contributed by atoms with Crippen LogP contribution in [0.5, 0.6) is 0 Å². The summed E-state index contributed by atoms with van der Waals surface area (Å²) in [4.78, 5) is 5.45. The topological polar surface area (TPSA) is 38.5 Å². The Balaban J connectivity index is 2.37. The van der Waals surface area contributed by atoms with Crippen LogP contribution in [0, 0.1) is 6.92 Å². The molecule has 1 aliphatic heterocycles. The van der Waals surface area contributed by atoms with Gasteiger partial charge in [-0.2, -0.15) is 0 Å². The number of halogens is 1. The van der Waals surface area contributed by atoms with Crippen molar-refractivity contribution in [2.24, 2.45) is 0 Å². The van der Waals surface area contributed by atoms with Gasteiger partial charge in [-0.15, -0.1) is 0 Å². The van der Waals surface area contributed by atoms with Crippen LogP contribution >= 0.6 is 11.6 Å². The molecule has 4 heteroatoms. The molecule has 1 heterocycles. The van der Waals surface area contributed by atoms with Crippen molar-refractivity contribution in [3.8, 4) is 0 Å². The number of aryl methyl sites for hydroxylation is 1. The number of anilines is 2. The highest BCUT2D eigenvalue weighted by Crippen LogP contribution is 2.30. The molecule has 0 aromatic heterocycles. The largest absolute Gasteiger partial charge is 0.398 e. The highest BCUT2D eigenvalue weighted by Gasteiger charge is 2.16. The first-order valence-corrected chi connectivity index (χ1v) is 5.02. The van der Waals surface area contributed by atoms with Crippen molar-refractivity contribution in [2.75, 3.05) is 23.9 Å². The molecule has 0 atom stereocenters. The number of nitrogens with two attached hydrogens (primary N) is 1. The Morgan fingerprint density at radius 1 is 1.50 bits per heavy atom. The van der Waals surface area contributed by atoms with E-state index in [0.717, 1.165) is 30.8 Å². The third-order valence-electron chi connectivity index (χ3n) is 2.34. The molecule has 1 aromatic carbocycles. The van der Waals surface area contributed by atoms with Crippen molar-refractivity contribution >= 4 is 23.0 Å². The molecular formula is C10H13ClN2O. The lowest BCUT2D eigenvalue weighted by atomic mass is 10.1. The van der Waals surface area contributed by atoms with Crippen LogP contribution in [0.3, 0.4) is 0 Å². The molecule has 1 fully saturated rings. The molecule has 0 amide bonds. The van der Waals surface area contributed by atoms with Crippen LogP contribution in [-0.2, 0) is 4.84 Å². The molecule has 0 aliphatic carbocycles. The van der Waals surface area contributed by atoms with Gasteiger partial charge in [0.1, 0.15) is 0 Å². The van der Waals surface area contributed by atoms with Gasteiger partial charge in [0.05, 0.1) is 23.0 Å². The second kappa shape index (κ2) is 3.67. The highest BCUT2D eigenvalue weighted by molar-refractivity contribution is 6.33. The van der Waals surface area contributed by atoms with E-state index in [-0.39, 0.29) is 0 Å². The fraction of sp³-hybridized carbons (Fsp3) is 0.400. The van der Waals surface area contributed by atoms with Crippen molar-refractivity contribution in [2.45, 2.75) is 13.3 Å². The molecule has 2 N–H and O–H groups in total. The van der Waals surface area contributed by atoms with E-state index in [1.165, 1.54) is 0 Å². The van der Waals surface area contributed by atoms with Crippen LogP contribution in [0.25, 0.3) is 0 Å².